The molecule has 0 fully saturated rings. The Hall–Kier alpha value is -2.98. The first-order valence-corrected chi connectivity index (χ1v) is 12.4. The number of nitrogens with two attached hydrogens (primary N) is 2. The second kappa shape index (κ2) is 15.2. The van der Waals surface area contributed by atoms with E-state index in [2.05, 4.69) is 10.6 Å². The van der Waals surface area contributed by atoms with Crippen molar-refractivity contribution >= 4 is 23.8 Å². The molecule has 202 valence electrons. The summed E-state index contributed by atoms with van der Waals surface area (Å²) in [6, 6.07) is 3.78. The Morgan fingerprint density at radius 2 is 1.06 bits per heavy atom. The molecule has 0 aliphatic rings. The Kier molecular flexibility index (Phi) is 13.1. The van der Waals surface area contributed by atoms with E-state index in [0.29, 0.717) is 0 Å². The molecule has 4 atom stereocenters. The summed E-state index contributed by atoms with van der Waals surface area (Å²) >= 11 is 0. The minimum Gasteiger partial charge on any atom is -0.464 e. The highest BCUT2D eigenvalue weighted by Gasteiger charge is 2.29. The van der Waals surface area contributed by atoms with Gasteiger partial charge >= 0.3 is 11.9 Å². The maximum atomic E-state index is 12.7. The molecule has 0 spiro atoms. The van der Waals surface area contributed by atoms with Gasteiger partial charge in [0.1, 0.15) is 12.1 Å². The summed E-state index contributed by atoms with van der Waals surface area (Å²) in [7, 11) is 0. The van der Waals surface area contributed by atoms with Crippen molar-refractivity contribution in [3.05, 3.63) is 35.4 Å². The van der Waals surface area contributed by atoms with Crippen molar-refractivity contribution in [3.63, 3.8) is 0 Å². The van der Waals surface area contributed by atoms with Crippen LogP contribution in [0.1, 0.15) is 52.7 Å². The number of hydrogen-bond donors (Lipinski definition) is 4. The molecule has 1 aromatic carbocycles. The molecule has 6 N–H and O–H groups in total. The Morgan fingerprint density at radius 3 is 1.33 bits per heavy atom. The van der Waals surface area contributed by atoms with E-state index < -0.39 is 47.9 Å². The SMILES string of the molecule is CCOC(=O)[C@@H](NC(=O)[C@H](N)Cc1ccccc1C[C@@H](N)C(=O)N[C@H](C(=O)OCC)C(C)C)C(C)C. The van der Waals surface area contributed by atoms with Crippen LogP contribution in [-0.4, -0.2) is 61.1 Å². The van der Waals surface area contributed by atoms with Crippen LogP contribution in [0.4, 0.5) is 0 Å². The van der Waals surface area contributed by atoms with E-state index >= 15 is 0 Å². The molecule has 0 radical (unpaired) electrons. The van der Waals surface area contributed by atoms with Crippen molar-refractivity contribution in [1.82, 2.24) is 10.6 Å². The van der Waals surface area contributed by atoms with Crippen molar-refractivity contribution in [1.29, 1.82) is 0 Å². The number of nitrogens with one attached hydrogen (secondary N) is 2. The number of amides is 2. The molecule has 0 unspecified atom stereocenters. The van der Waals surface area contributed by atoms with Gasteiger partial charge in [0, 0.05) is 0 Å². The number of rotatable bonds is 14. The van der Waals surface area contributed by atoms with Gasteiger partial charge in [0.25, 0.3) is 0 Å². The van der Waals surface area contributed by atoms with Gasteiger partial charge in [-0.3, -0.25) is 9.59 Å². The van der Waals surface area contributed by atoms with Crippen LogP contribution < -0.4 is 22.1 Å². The van der Waals surface area contributed by atoms with Crippen LogP contribution in [0.15, 0.2) is 24.3 Å². The van der Waals surface area contributed by atoms with Crippen LogP contribution in [0.3, 0.4) is 0 Å². The largest absolute Gasteiger partial charge is 0.464 e. The molecule has 0 aromatic heterocycles. The predicted octanol–water partition coefficient (Wildman–Crippen LogP) is 0.834. The fourth-order valence-electron chi connectivity index (χ4n) is 3.60. The van der Waals surface area contributed by atoms with Crippen LogP contribution in [0, 0.1) is 11.8 Å². The summed E-state index contributed by atoms with van der Waals surface area (Å²) in [6.45, 7) is 11.0. The lowest BCUT2D eigenvalue weighted by Crippen LogP contribution is -2.52. The molecular weight excluding hydrogens is 464 g/mol. The topological polar surface area (TPSA) is 163 Å². The molecule has 1 rings (SSSR count). The first-order valence-electron chi connectivity index (χ1n) is 12.4. The molecule has 0 aliphatic carbocycles. The second-order valence-corrected chi connectivity index (χ2v) is 9.35. The minimum absolute atomic E-state index is 0.173. The minimum atomic E-state index is -0.930. The van der Waals surface area contributed by atoms with Gasteiger partial charge in [-0.15, -0.1) is 0 Å². The summed E-state index contributed by atoms with van der Waals surface area (Å²) in [6.07, 6.45) is 0.364. The zero-order valence-corrected chi connectivity index (χ0v) is 22.2. The van der Waals surface area contributed by atoms with Crippen molar-refractivity contribution < 1.29 is 28.7 Å². The highest BCUT2D eigenvalue weighted by atomic mass is 16.5. The van der Waals surface area contributed by atoms with Gasteiger partial charge in [-0.05, 0) is 49.7 Å². The summed E-state index contributed by atoms with van der Waals surface area (Å²) in [5, 5.41) is 5.36. The van der Waals surface area contributed by atoms with Crippen LogP contribution in [-0.2, 0) is 41.5 Å². The third kappa shape index (κ3) is 9.58. The molecule has 10 heteroatoms. The molecule has 36 heavy (non-hydrogen) atoms. The first kappa shape index (κ1) is 31.1. The molecule has 0 saturated carbocycles. The van der Waals surface area contributed by atoms with Crippen LogP contribution in [0.2, 0.25) is 0 Å². The van der Waals surface area contributed by atoms with Crippen LogP contribution >= 0.6 is 0 Å². The summed E-state index contributed by atoms with van der Waals surface area (Å²) in [4.78, 5) is 49.8. The maximum absolute atomic E-state index is 12.7. The average Bonchev–Trinajstić information content (AvgIpc) is 2.81. The van der Waals surface area contributed by atoms with Crippen molar-refractivity contribution in [2.45, 2.75) is 78.6 Å². The van der Waals surface area contributed by atoms with Gasteiger partial charge in [0.2, 0.25) is 11.8 Å². The van der Waals surface area contributed by atoms with E-state index in [0.717, 1.165) is 11.1 Å². The smallest absolute Gasteiger partial charge is 0.328 e. The Bertz CT molecular complexity index is 818. The van der Waals surface area contributed by atoms with Gasteiger partial charge in [-0.25, -0.2) is 9.59 Å². The lowest BCUT2D eigenvalue weighted by Gasteiger charge is -2.24. The van der Waals surface area contributed by atoms with E-state index in [1.54, 1.807) is 53.7 Å². The quantitative estimate of drug-likeness (QED) is 0.270. The number of ether oxygens (including phenoxy) is 2. The fourth-order valence-corrected chi connectivity index (χ4v) is 3.60. The van der Waals surface area contributed by atoms with Gasteiger partial charge in [0.15, 0.2) is 0 Å². The Balaban J connectivity index is 2.89. The number of esters is 2. The zero-order valence-electron chi connectivity index (χ0n) is 22.2. The van der Waals surface area contributed by atoms with Crippen LogP contribution in [0.25, 0.3) is 0 Å². The zero-order chi connectivity index (χ0) is 27.4. The van der Waals surface area contributed by atoms with Crippen molar-refractivity contribution in [3.8, 4) is 0 Å². The summed E-state index contributed by atoms with van der Waals surface area (Å²) in [5.74, 6) is -2.32. The monoisotopic (exact) mass is 506 g/mol. The van der Waals surface area contributed by atoms with Crippen molar-refractivity contribution in [2.24, 2.45) is 23.3 Å². The van der Waals surface area contributed by atoms with E-state index in [1.165, 1.54) is 0 Å². The number of carbonyl (C=O) groups is 4. The van der Waals surface area contributed by atoms with Gasteiger partial charge in [-0.1, -0.05) is 52.0 Å². The molecule has 0 heterocycles. The summed E-state index contributed by atoms with van der Waals surface area (Å²) < 4.78 is 10.1. The first-order chi connectivity index (χ1) is 16.9. The highest BCUT2D eigenvalue weighted by Crippen LogP contribution is 2.14. The van der Waals surface area contributed by atoms with Gasteiger partial charge in [0.05, 0.1) is 25.3 Å². The van der Waals surface area contributed by atoms with Gasteiger partial charge < -0.3 is 31.6 Å². The third-order valence-corrected chi connectivity index (χ3v) is 5.68. The fraction of sp³-hybridized carbons (Fsp3) is 0.615. The molecule has 0 bridgehead atoms. The van der Waals surface area contributed by atoms with Crippen molar-refractivity contribution in [2.75, 3.05) is 13.2 Å². The highest BCUT2D eigenvalue weighted by molar-refractivity contribution is 5.88. The van der Waals surface area contributed by atoms with Crippen LogP contribution in [0.5, 0.6) is 0 Å². The Labute approximate surface area is 213 Å². The number of benzene rings is 1. The number of hydrogen-bond acceptors (Lipinski definition) is 8. The van der Waals surface area contributed by atoms with E-state index in [1.807, 2.05) is 12.1 Å². The van der Waals surface area contributed by atoms with E-state index in [9.17, 15) is 19.2 Å². The molecule has 0 saturated heterocycles. The normalized spacial score (nSPS) is 14.5. The molecule has 0 aliphatic heterocycles. The maximum Gasteiger partial charge on any atom is 0.328 e. The summed E-state index contributed by atoms with van der Waals surface area (Å²) in [5.41, 5.74) is 13.8. The van der Waals surface area contributed by atoms with Gasteiger partial charge in [-0.2, -0.15) is 0 Å². The van der Waals surface area contributed by atoms with E-state index in [4.69, 9.17) is 20.9 Å². The lowest BCUT2D eigenvalue weighted by atomic mass is 9.94. The molecular formula is C26H42N4O6. The predicted molar refractivity (Wildman–Crippen MR) is 137 cm³/mol. The lowest BCUT2D eigenvalue weighted by molar-refractivity contribution is -0.149. The number of carbonyl (C=O) groups excluding carboxylic acids is 4. The second-order valence-electron chi connectivity index (χ2n) is 9.35. The molecule has 10 nitrogen and oxygen atoms in total. The third-order valence-electron chi connectivity index (χ3n) is 5.68. The molecule has 2 amide bonds. The standard InChI is InChI=1S/C26H42N4O6/c1-7-35-25(33)21(15(3)4)29-23(31)19(27)13-17-11-9-10-12-18(17)14-20(28)24(32)30-22(16(5)6)26(34)36-8-2/h9-12,15-16,19-22H,7-8,13-14,27-28H2,1-6H3,(H,29,31)(H,30,32)/t19-,20-,21+,22+/m1/s1. The molecule has 1 aromatic rings. The Morgan fingerprint density at radius 1 is 0.722 bits per heavy atom. The van der Waals surface area contributed by atoms with E-state index in [-0.39, 0.29) is 37.9 Å². The average molecular weight is 507 g/mol.